The Labute approximate surface area is 133 Å². The Morgan fingerprint density at radius 3 is 2.82 bits per heavy atom. The number of fused-ring (bicyclic) bond motifs is 1. The fourth-order valence-electron chi connectivity index (χ4n) is 4.01. The van der Waals surface area contributed by atoms with Crippen LogP contribution in [0.25, 0.3) is 0 Å². The Morgan fingerprint density at radius 1 is 1.27 bits per heavy atom. The lowest BCUT2D eigenvalue weighted by Gasteiger charge is -2.46. The van der Waals surface area contributed by atoms with Gasteiger partial charge in [0.1, 0.15) is 0 Å². The van der Waals surface area contributed by atoms with Crippen LogP contribution < -0.4 is 5.73 Å². The van der Waals surface area contributed by atoms with Crippen LogP contribution in [0, 0.1) is 5.92 Å². The number of hydrogen-bond donors (Lipinski definition) is 1. The van der Waals surface area contributed by atoms with E-state index < -0.39 is 0 Å². The Bertz CT molecular complexity index is 504. The molecule has 0 bridgehead atoms. The zero-order chi connectivity index (χ0) is 15.5. The topological polar surface area (TPSA) is 49.6 Å². The Kier molecular flexibility index (Phi) is 4.79. The molecule has 2 fully saturated rings. The monoisotopic (exact) mass is 301 g/mol. The van der Waals surface area contributed by atoms with E-state index in [2.05, 4.69) is 11.9 Å². The van der Waals surface area contributed by atoms with Gasteiger partial charge in [0.05, 0.1) is 0 Å². The average molecular weight is 301 g/mol. The van der Waals surface area contributed by atoms with Crippen molar-refractivity contribution in [3.63, 3.8) is 0 Å². The van der Waals surface area contributed by atoms with E-state index >= 15 is 0 Å². The quantitative estimate of drug-likeness (QED) is 0.929. The molecule has 0 spiro atoms. The van der Waals surface area contributed by atoms with Crippen molar-refractivity contribution in [3.05, 3.63) is 35.9 Å². The number of amides is 1. The van der Waals surface area contributed by atoms with E-state index in [1.165, 1.54) is 19.4 Å². The second-order valence-corrected chi connectivity index (χ2v) is 6.80. The zero-order valence-electron chi connectivity index (χ0n) is 13.4. The number of piperidine rings is 2. The van der Waals surface area contributed by atoms with Crippen molar-refractivity contribution >= 4 is 5.91 Å². The molecule has 120 valence electrons. The molecule has 0 aliphatic carbocycles. The normalized spacial score (nSPS) is 27.3. The number of rotatable bonds is 3. The van der Waals surface area contributed by atoms with Gasteiger partial charge in [-0.15, -0.1) is 0 Å². The molecular weight excluding hydrogens is 274 g/mol. The molecule has 3 atom stereocenters. The van der Waals surface area contributed by atoms with E-state index in [0.717, 1.165) is 25.1 Å². The lowest BCUT2D eigenvalue weighted by atomic mass is 9.84. The largest absolute Gasteiger partial charge is 0.342 e. The number of nitrogens with zero attached hydrogens (tertiary/aromatic N) is 2. The van der Waals surface area contributed by atoms with Gasteiger partial charge < -0.3 is 15.5 Å². The van der Waals surface area contributed by atoms with Gasteiger partial charge in [0.2, 0.25) is 5.91 Å². The molecule has 22 heavy (non-hydrogen) atoms. The third-order valence-corrected chi connectivity index (χ3v) is 5.32. The minimum atomic E-state index is -0.194. The van der Waals surface area contributed by atoms with E-state index in [4.69, 9.17) is 5.73 Å². The fourth-order valence-corrected chi connectivity index (χ4v) is 4.01. The highest BCUT2D eigenvalue weighted by atomic mass is 16.2. The summed E-state index contributed by atoms with van der Waals surface area (Å²) in [6.45, 7) is 3.00. The first-order valence-electron chi connectivity index (χ1n) is 8.43. The van der Waals surface area contributed by atoms with Gasteiger partial charge in [-0.05, 0) is 44.3 Å². The molecule has 4 nitrogen and oxygen atoms in total. The van der Waals surface area contributed by atoms with Gasteiger partial charge in [-0.3, -0.25) is 4.79 Å². The van der Waals surface area contributed by atoms with Crippen LogP contribution in [0.4, 0.5) is 0 Å². The molecule has 3 rings (SSSR count). The van der Waals surface area contributed by atoms with E-state index in [1.807, 2.05) is 35.2 Å². The zero-order valence-corrected chi connectivity index (χ0v) is 13.4. The predicted molar refractivity (Wildman–Crippen MR) is 88.3 cm³/mol. The SMILES string of the molecule is CN1CCCC2CN(C(=O)CC(N)c3ccccc3)CCC21. The molecule has 2 heterocycles. The van der Waals surface area contributed by atoms with Crippen LogP contribution in [0.5, 0.6) is 0 Å². The summed E-state index contributed by atoms with van der Waals surface area (Å²) in [5.41, 5.74) is 7.25. The summed E-state index contributed by atoms with van der Waals surface area (Å²) in [6.07, 6.45) is 4.03. The van der Waals surface area contributed by atoms with Gasteiger partial charge in [0.15, 0.2) is 0 Å². The Morgan fingerprint density at radius 2 is 2.05 bits per heavy atom. The van der Waals surface area contributed by atoms with Crippen LogP contribution in [0.2, 0.25) is 0 Å². The molecule has 0 aromatic heterocycles. The molecule has 2 N–H and O–H groups in total. The number of carbonyl (C=O) groups is 1. The first-order chi connectivity index (χ1) is 10.6. The van der Waals surface area contributed by atoms with E-state index in [1.54, 1.807) is 0 Å². The van der Waals surface area contributed by atoms with Crippen LogP contribution in [0.1, 0.15) is 37.3 Å². The van der Waals surface area contributed by atoms with E-state index in [-0.39, 0.29) is 11.9 Å². The summed E-state index contributed by atoms with van der Waals surface area (Å²) in [7, 11) is 2.22. The van der Waals surface area contributed by atoms with Crippen molar-refractivity contribution in [1.82, 2.24) is 9.80 Å². The summed E-state index contributed by atoms with van der Waals surface area (Å²) < 4.78 is 0. The van der Waals surface area contributed by atoms with Crippen molar-refractivity contribution in [2.45, 2.75) is 37.8 Å². The maximum absolute atomic E-state index is 12.6. The van der Waals surface area contributed by atoms with E-state index in [0.29, 0.717) is 18.4 Å². The van der Waals surface area contributed by atoms with Crippen LogP contribution in [0.15, 0.2) is 30.3 Å². The highest BCUT2D eigenvalue weighted by Gasteiger charge is 2.35. The van der Waals surface area contributed by atoms with Crippen LogP contribution in [-0.4, -0.2) is 48.4 Å². The second kappa shape index (κ2) is 6.80. The number of carbonyl (C=O) groups excluding carboxylic acids is 1. The minimum Gasteiger partial charge on any atom is -0.342 e. The van der Waals surface area contributed by atoms with Crippen molar-refractivity contribution in [2.24, 2.45) is 11.7 Å². The minimum absolute atomic E-state index is 0.194. The highest BCUT2D eigenvalue weighted by Crippen LogP contribution is 2.30. The molecule has 3 unspecified atom stereocenters. The maximum Gasteiger partial charge on any atom is 0.224 e. The Balaban J connectivity index is 1.57. The molecule has 2 aliphatic rings. The van der Waals surface area contributed by atoms with Crippen LogP contribution >= 0.6 is 0 Å². The van der Waals surface area contributed by atoms with Crippen molar-refractivity contribution in [1.29, 1.82) is 0 Å². The summed E-state index contributed by atoms with van der Waals surface area (Å²) in [6, 6.07) is 10.4. The summed E-state index contributed by atoms with van der Waals surface area (Å²) in [4.78, 5) is 17.1. The number of likely N-dealkylation sites (tertiary alicyclic amines) is 2. The van der Waals surface area contributed by atoms with E-state index in [9.17, 15) is 4.79 Å². The summed E-state index contributed by atoms with van der Waals surface area (Å²) in [5, 5.41) is 0. The fraction of sp³-hybridized carbons (Fsp3) is 0.611. The van der Waals surface area contributed by atoms with Crippen LogP contribution in [-0.2, 0) is 4.79 Å². The van der Waals surface area contributed by atoms with Crippen LogP contribution in [0.3, 0.4) is 0 Å². The molecule has 2 saturated heterocycles. The first-order valence-corrected chi connectivity index (χ1v) is 8.43. The van der Waals surface area contributed by atoms with Gasteiger partial charge in [-0.2, -0.15) is 0 Å². The lowest BCUT2D eigenvalue weighted by molar-refractivity contribution is -0.135. The summed E-state index contributed by atoms with van der Waals surface area (Å²) in [5.74, 6) is 0.854. The first kappa shape index (κ1) is 15.5. The molecule has 1 aromatic carbocycles. The number of hydrogen-bond acceptors (Lipinski definition) is 3. The third-order valence-electron chi connectivity index (χ3n) is 5.32. The lowest BCUT2D eigenvalue weighted by Crippen LogP contribution is -2.54. The second-order valence-electron chi connectivity index (χ2n) is 6.80. The highest BCUT2D eigenvalue weighted by molar-refractivity contribution is 5.77. The maximum atomic E-state index is 12.6. The number of benzene rings is 1. The Hall–Kier alpha value is -1.39. The molecule has 0 radical (unpaired) electrons. The molecule has 2 aliphatic heterocycles. The molecule has 1 aromatic rings. The number of nitrogens with two attached hydrogens (primary N) is 1. The van der Waals surface area contributed by atoms with Crippen molar-refractivity contribution < 1.29 is 4.79 Å². The predicted octanol–water partition coefficient (Wildman–Crippen LogP) is 2.02. The summed E-state index contributed by atoms with van der Waals surface area (Å²) >= 11 is 0. The molecular formula is C18H27N3O. The van der Waals surface area contributed by atoms with Gasteiger partial charge in [0.25, 0.3) is 0 Å². The van der Waals surface area contributed by atoms with Gasteiger partial charge in [-0.25, -0.2) is 0 Å². The van der Waals surface area contributed by atoms with Gasteiger partial charge >= 0.3 is 0 Å². The average Bonchev–Trinajstić information content (AvgIpc) is 2.55. The third kappa shape index (κ3) is 3.33. The van der Waals surface area contributed by atoms with Gasteiger partial charge in [-0.1, -0.05) is 30.3 Å². The molecule has 0 saturated carbocycles. The van der Waals surface area contributed by atoms with Crippen molar-refractivity contribution in [3.8, 4) is 0 Å². The molecule has 1 amide bonds. The van der Waals surface area contributed by atoms with Crippen molar-refractivity contribution in [2.75, 3.05) is 26.7 Å². The van der Waals surface area contributed by atoms with Gasteiger partial charge in [0, 0.05) is 31.6 Å². The molecule has 4 heteroatoms. The smallest absolute Gasteiger partial charge is 0.224 e. The standard InChI is InChI=1S/C18H27N3O/c1-20-10-5-8-15-13-21(11-9-17(15)20)18(22)12-16(19)14-6-3-2-4-7-14/h2-4,6-7,15-17H,5,8-13,19H2,1H3.